The number of pyridine rings is 2. The molecule has 114 heavy (non-hydrogen) atoms. The van der Waals surface area contributed by atoms with Gasteiger partial charge in [-0.3, -0.25) is 0 Å². The molecular weight excluding hydrogens is 1380 g/mol. The summed E-state index contributed by atoms with van der Waals surface area (Å²) < 4.78 is 15.3. The third-order valence-electron chi connectivity index (χ3n) is 25.3. The Morgan fingerprint density at radius 2 is 0.456 bits per heavy atom. The smallest absolute Gasteiger partial charge is 0.0803 e. The number of fused-ring (bicyclic) bond motifs is 32. The van der Waals surface area contributed by atoms with E-state index in [4.69, 9.17) is 0 Å². The molecule has 8 aromatic heterocycles. The van der Waals surface area contributed by atoms with Gasteiger partial charge in [-0.05, 0) is 175 Å². The van der Waals surface area contributed by atoms with Crippen LogP contribution in [0.2, 0.25) is 0 Å². The van der Waals surface area contributed by atoms with Crippen molar-refractivity contribution in [3.05, 3.63) is 388 Å². The summed E-state index contributed by atoms with van der Waals surface area (Å²) in [6.07, 6.45) is 0. The molecule has 0 bridgehead atoms. The summed E-state index contributed by atoms with van der Waals surface area (Å²) in [5, 5.41) is 24.3. The first kappa shape index (κ1) is 61.6. The first-order chi connectivity index (χ1) is 56.6. The van der Waals surface area contributed by atoms with Gasteiger partial charge in [0.1, 0.15) is 0 Å². The van der Waals surface area contributed by atoms with Crippen LogP contribution >= 0.6 is 0 Å². The molecule has 0 radical (unpaired) electrons. The van der Waals surface area contributed by atoms with E-state index in [1.54, 1.807) is 0 Å². The molecule has 6 heteroatoms. The second kappa shape index (κ2) is 23.2. The van der Waals surface area contributed by atoms with Gasteiger partial charge in [0.25, 0.3) is 0 Å². The first-order valence-corrected chi connectivity index (χ1v) is 39.5. The lowest BCUT2D eigenvalue weighted by atomic mass is 9.98. The van der Waals surface area contributed by atoms with Crippen LogP contribution in [0.3, 0.4) is 0 Å². The summed E-state index contributed by atoms with van der Waals surface area (Å²) in [5.74, 6) is 0. The minimum atomic E-state index is 1.11. The Morgan fingerprint density at radius 3 is 1.00 bits per heavy atom. The summed E-state index contributed by atoms with van der Waals surface area (Å²) in [4.78, 5) is 0. The predicted molar refractivity (Wildman–Crippen MR) is 482 cm³/mol. The monoisotopic (exact) mass is 1440 g/mol. The summed E-state index contributed by atoms with van der Waals surface area (Å²) in [5.41, 5.74) is 27.8. The van der Waals surface area contributed by atoms with Crippen molar-refractivity contribution < 1.29 is 0 Å². The Hall–Kier alpha value is -15.2. The largest absolute Gasteiger partial charge is 0.309 e. The summed E-state index contributed by atoms with van der Waals surface area (Å²) >= 11 is 0. The Labute approximate surface area is 652 Å². The highest BCUT2D eigenvalue weighted by molar-refractivity contribution is 6.28. The highest BCUT2D eigenvalue weighted by Crippen LogP contribution is 2.50. The van der Waals surface area contributed by atoms with Crippen LogP contribution in [0.1, 0.15) is 0 Å². The Kier molecular flexibility index (Phi) is 12.5. The second-order valence-corrected chi connectivity index (χ2v) is 31.0. The Balaban J connectivity index is 0.742. The highest BCUT2D eigenvalue weighted by Gasteiger charge is 2.29. The lowest BCUT2D eigenvalue weighted by molar-refractivity contribution is 1.18. The number of hydrogen-bond donors (Lipinski definition) is 0. The minimum Gasteiger partial charge on any atom is -0.309 e. The van der Waals surface area contributed by atoms with E-state index in [2.05, 4.69) is 415 Å². The van der Waals surface area contributed by atoms with Gasteiger partial charge in [0.05, 0.1) is 88.6 Å². The summed E-state index contributed by atoms with van der Waals surface area (Å²) in [6, 6.07) is 146. The van der Waals surface area contributed by atoms with Crippen molar-refractivity contribution in [1.82, 2.24) is 27.1 Å². The van der Waals surface area contributed by atoms with E-state index < -0.39 is 0 Å². The maximum absolute atomic E-state index is 2.60. The third kappa shape index (κ3) is 8.41. The lowest BCUT2D eigenvalue weighted by Gasteiger charge is -2.15. The van der Waals surface area contributed by atoms with Gasteiger partial charge >= 0.3 is 0 Å². The summed E-state index contributed by atoms with van der Waals surface area (Å²) in [7, 11) is 0. The Bertz CT molecular complexity index is 8680. The topological polar surface area (TPSA) is 28.5 Å². The molecule has 0 aliphatic rings. The maximum atomic E-state index is 2.60. The number of hydrogen-bond acceptors (Lipinski definition) is 0. The fraction of sp³-hybridized carbons (Fsp3) is 0. The van der Waals surface area contributed by atoms with E-state index in [0.717, 1.165) is 83.6 Å². The molecule has 0 N–H and O–H groups in total. The average molecular weight is 1450 g/mol. The van der Waals surface area contributed by atoms with Gasteiger partial charge < -0.3 is 27.1 Å². The van der Waals surface area contributed by atoms with Crippen molar-refractivity contribution >= 4 is 185 Å². The van der Waals surface area contributed by atoms with E-state index in [1.807, 2.05) is 0 Å². The van der Waals surface area contributed by atoms with Crippen LogP contribution in [0.15, 0.2) is 388 Å². The van der Waals surface area contributed by atoms with Gasteiger partial charge in [0, 0.05) is 86.8 Å². The fourth-order valence-electron chi connectivity index (χ4n) is 20.4. The van der Waals surface area contributed by atoms with Gasteiger partial charge in [-0.1, -0.05) is 279 Å². The number of para-hydroxylation sites is 4. The molecule has 0 aliphatic heterocycles. The number of nitrogens with zero attached hydrogens (tertiary/aromatic N) is 6. The molecule has 0 amide bonds. The zero-order valence-electron chi connectivity index (χ0n) is 61.6. The first-order valence-electron chi connectivity index (χ1n) is 39.5. The van der Waals surface area contributed by atoms with Crippen molar-refractivity contribution in [2.24, 2.45) is 0 Å². The highest BCUT2D eigenvalue weighted by atomic mass is 15.1. The molecule has 0 unspecified atom stereocenters. The molecule has 6 nitrogen and oxygen atoms in total. The number of aromatic nitrogens is 6. The zero-order valence-corrected chi connectivity index (χ0v) is 61.6. The van der Waals surface area contributed by atoms with Gasteiger partial charge in [0.15, 0.2) is 0 Å². The van der Waals surface area contributed by atoms with E-state index in [1.165, 1.54) is 158 Å². The van der Waals surface area contributed by atoms with E-state index in [9.17, 15) is 0 Å². The number of benzene rings is 18. The average Bonchev–Trinajstić information content (AvgIpc) is 1.53. The molecule has 0 spiro atoms. The number of rotatable bonds is 7. The molecule has 26 rings (SSSR count). The molecule has 0 fully saturated rings. The minimum absolute atomic E-state index is 1.11. The third-order valence-corrected chi connectivity index (χ3v) is 25.3. The van der Waals surface area contributed by atoms with Crippen LogP contribution in [0.25, 0.3) is 241 Å². The van der Waals surface area contributed by atoms with Crippen molar-refractivity contribution in [2.45, 2.75) is 0 Å². The second-order valence-electron chi connectivity index (χ2n) is 31.0. The van der Waals surface area contributed by atoms with Gasteiger partial charge in [-0.2, -0.15) is 0 Å². The lowest BCUT2D eigenvalue weighted by Crippen LogP contribution is -1.98. The molecule has 0 saturated heterocycles. The van der Waals surface area contributed by atoms with E-state index in [0.29, 0.717) is 0 Å². The van der Waals surface area contributed by atoms with Crippen molar-refractivity contribution in [3.63, 3.8) is 0 Å². The van der Waals surface area contributed by atoms with Crippen LogP contribution in [-0.2, 0) is 0 Å². The molecule has 26 aromatic rings. The van der Waals surface area contributed by atoms with Crippen LogP contribution in [0, 0.1) is 0 Å². The predicted octanol–water partition coefficient (Wildman–Crippen LogP) is 28.8. The van der Waals surface area contributed by atoms with Crippen molar-refractivity contribution in [3.8, 4) is 56.1 Å². The van der Waals surface area contributed by atoms with E-state index >= 15 is 0 Å². The SMILES string of the molecule is c1ccc(-c2ccc3c(-n4c5ccc(-c6ccc7c(c6)c6ccccc6c6c(-n8c9ccc(-n%10c%11ccccc%11c%11ccccc%11%10)cc9c9c%10ccccc%10ccc98)c8ccc(-c9ccccc9)cc8n76)cc5c5cc(-n6c7ccccc7c7c8ccccc8ccc76)ccc54)c4c5ccccc5c5ccccc5n4c3c2)cc1. The van der Waals surface area contributed by atoms with Crippen LogP contribution in [-0.4, -0.2) is 27.1 Å². The maximum Gasteiger partial charge on any atom is 0.0803 e. The molecule has 8 heterocycles. The van der Waals surface area contributed by atoms with Crippen molar-refractivity contribution in [2.75, 3.05) is 0 Å². The molecule has 0 atom stereocenters. The van der Waals surface area contributed by atoms with Crippen LogP contribution < -0.4 is 0 Å². The standard InChI is InChI=1S/C108H64N6/c1-3-23-65(24-4-1)71-43-51-85-101(61-71)113-93-41-21-15-33-79(93)77-31-11-13-36-82(77)105(113)107(85)111-96-54-48-70(60-88(96)89-63-73(49-57-97(89)111)110-94-42-22-18-38-84(94)103-75-29-9-7-27-67(75)45-55-99(103)110)69-47-53-95-87(59-69)78-32-12-14-37-83(78)106-108(86-52-44-72(62-102(86)114(95)106)66-25-5-2-6-26-66)112-98-58-50-74(64-90(98)104-76-30-10-8-28-68(76)46-56-100(104)112)109-91-39-19-16-34-80(91)81-35-17-20-40-92(81)109/h1-64H. The molecule has 0 aliphatic carbocycles. The van der Waals surface area contributed by atoms with Crippen molar-refractivity contribution in [1.29, 1.82) is 0 Å². The van der Waals surface area contributed by atoms with Gasteiger partial charge in [-0.25, -0.2) is 0 Å². The normalized spacial score (nSPS) is 12.4. The van der Waals surface area contributed by atoms with Crippen LogP contribution in [0.5, 0.6) is 0 Å². The fourth-order valence-corrected chi connectivity index (χ4v) is 20.4. The quantitative estimate of drug-likeness (QED) is 0.142. The molecule has 526 valence electrons. The van der Waals surface area contributed by atoms with E-state index in [-0.39, 0.29) is 0 Å². The Morgan fingerprint density at radius 1 is 0.140 bits per heavy atom. The van der Waals surface area contributed by atoms with Gasteiger partial charge in [0.2, 0.25) is 0 Å². The summed E-state index contributed by atoms with van der Waals surface area (Å²) in [6.45, 7) is 0. The molecular formula is C108H64N6. The molecule has 0 saturated carbocycles. The molecule has 18 aromatic carbocycles. The van der Waals surface area contributed by atoms with Crippen LogP contribution in [0.4, 0.5) is 0 Å². The zero-order chi connectivity index (χ0) is 74.1. The van der Waals surface area contributed by atoms with Gasteiger partial charge in [-0.15, -0.1) is 0 Å².